The molecule has 0 aliphatic carbocycles. The van der Waals surface area contributed by atoms with Crippen LogP contribution in [0.1, 0.15) is 43.6 Å². The van der Waals surface area contributed by atoms with Crippen LogP contribution < -0.4 is 10.6 Å². The fourth-order valence-electron chi connectivity index (χ4n) is 3.04. The van der Waals surface area contributed by atoms with E-state index in [9.17, 15) is 24.5 Å². The van der Waals surface area contributed by atoms with Crippen molar-refractivity contribution in [1.82, 2.24) is 5.32 Å². The lowest BCUT2D eigenvalue weighted by atomic mass is 10.1. The molecule has 0 saturated heterocycles. The molecule has 3 aromatic rings. The van der Waals surface area contributed by atoms with Crippen molar-refractivity contribution in [2.75, 3.05) is 11.9 Å². The van der Waals surface area contributed by atoms with E-state index in [1.54, 1.807) is 31.2 Å². The van der Waals surface area contributed by atoms with Crippen LogP contribution in [0.25, 0.3) is 0 Å². The Labute approximate surface area is 189 Å². The summed E-state index contributed by atoms with van der Waals surface area (Å²) in [6, 6.07) is 19.0. The van der Waals surface area contributed by atoms with Crippen LogP contribution in [0, 0.1) is 10.1 Å². The molecule has 3 rings (SSSR count). The zero-order chi connectivity index (χ0) is 23.8. The summed E-state index contributed by atoms with van der Waals surface area (Å²) in [6.45, 7) is 1.98. The Kier molecular flexibility index (Phi) is 7.48. The second-order valence-electron chi connectivity index (χ2n) is 6.91. The first-order valence-electron chi connectivity index (χ1n) is 10.1. The summed E-state index contributed by atoms with van der Waals surface area (Å²) in [5.74, 6) is -1.90. The summed E-state index contributed by atoms with van der Waals surface area (Å²) >= 11 is 0. The number of amides is 2. The zero-order valence-corrected chi connectivity index (χ0v) is 17.7. The van der Waals surface area contributed by atoms with Gasteiger partial charge in [0.2, 0.25) is 0 Å². The summed E-state index contributed by atoms with van der Waals surface area (Å²) in [4.78, 5) is 48.2. The van der Waals surface area contributed by atoms with Crippen molar-refractivity contribution in [3.63, 3.8) is 0 Å². The van der Waals surface area contributed by atoms with Crippen LogP contribution in [0.4, 0.5) is 11.4 Å². The average Bonchev–Trinajstić information content (AvgIpc) is 2.83. The molecule has 0 aliphatic heterocycles. The van der Waals surface area contributed by atoms with Gasteiger partial charge in [-0.05, 0) is 30.7 Å². The molecule has 33 heavy (non-hydrogen) atoms. The van der Waals surface area contributed by atoms with Crippen molar-refractivity contribution in [2.45, 2.75) is 13.5 Å². The number of hydrogen-bond acceptors (Lipinski definition) is 6. The number of para-hydroxylation sites is 1. The smallest absolute Gasteiger partial charge is 0.338 e. The molecular formula is C24H21N3O6. The first-order chi connectivity index (χ1) is 15.9. The highest BCUT2D eigenvalue weighted by Crippen LogP contribution is 2.21. The standard InChI is InChI=1S/C24H21N3O6/c1-2-33-24(30)18-12-17(13-19(14-18)27(31)32)22(28)26-21-11-7-6-10-20(21)23(29)25-15-16-8-4-3-5-9-16/h3-14H,2,15H2,1H3,(H,25,29)(H,26,28). The minimum Gasteiger partial charge on any atom is -0.462 e. The van der Waals surface area contributed by atoms with Crippen LogP contribution in [-0.4, -0.2) is 29.3 Å². The molecule has 0 heterocycles. The molecule has 0 aromatic heterocycles. The van der Waals surface area contributed by atoms with E-state index in [0.29, 0.717) is 6.54 Å². The average molecular weight is 447 g/mol. The summed E-state index contributed by atoms with van der Waals surface area (Å²) in [5.41, 5.74) is 0.682. The van der Waals surface area contributed by atoms with Crippen LogP contribution in [0.2, 0.25) is 0 Å². The minimum atomic E-state index is -0.782. The topological polar surface area (TPSA) is 128 Å². The first-order valence-corrected chi connectivity index (χ1v) is 10.1. The van der Waals surface area contributed by atoms with E-state index < -0.39 is 28.4 Å². The van der Waals surface area contributed by atoms with Gasteiger partial charge in [-0.15, -0.1) is 0 Å². The number of benzene rings is 3. The number of carbonyl (C=O) groups excluding carboxylic acids is 3. The molecule has 9 nitrogen and oxygen atoms in total. The van der Waals surface area contributed by atoms with Gasteiger partial charge in [0.05, 0.1) is 28.3 Å². The van der Waals surface area contributed by atoms with Crippen LogP contribution in [0.3, 0.4) is 0 Å². The maximum atomic E-state index is 12.9. The van der Waals surface area contributed by atoms with E-state index in [2.05, 4.69) is 10.6 Å². The highest BCUT2D eigenvalue weighted by molar-refractivity contribution is 6.10. The minimum absolute atomic E-state index is 0.0779. The number of rotatable bonds is 8. The highest BCUT2D eigenvalue weighted by atomic mass is 16.6. The molecule has 168 valence electrons. The lowest BCUT2D eigenvalue weighted by Gasteiger charge is -2.12. The number of carbonyl (C=O) groups is 3. The molecule has 0 atom stereocenters. The predicted molar refractivity (Wildman–Crippen MR) is 121 cm³/mol. The number of esters is 1. The molecule has 9 heteroatoms. The predicted octanol–water partition coefficient (Wildman–Crippen LogP) is 3.95. The van der Waals surface area contributed by atoms with Crippen molar-refractivity contribution in [3.05, 3.63) is 105 Å². The number of ether oxygens (including phenoxy) is 1. The van der Waals surface area contributed by atoms with E-state index in [1.807, 2.05) is 30.3 Å². The second-order valence-corrected chi connectivity index (χ2v) is 6.91. The summed E-state index contributed by atoms with van der Waals surface area (Å²) in [7, 11) is 0. The molecule has 0 spiro atoms. The van der Waals surface area contributed by atoms with Crippen LogP contribution in [0.15, 0.2) is 72.8 Å². The lowest BCUT2D eigenvalue weighted by Crippen LogP contribution is -2.25. The van der Waals surface area contributed by atoms with Gasteiger partial charge in [0.15, 0.2) is 0 Å². The van der Waals surface area contributed by atoms with Gasteiger partial charge in [-0.2, -0.15) is 0 Å². The van der Waals surface area contributed by atoms with Crippen LogP contribution >= 0.6 is 0 Å². The molecular weight excluding hydrogens is 426 g/mol. The van der Waals surface area contributed by atoms with Crippen molar-refractivity contribution in [1.29, 1.82) is 0 Å². The van der Waals surface area contributed by atoms with Crippen LogP contribution in [-0.2, 0) is 11.3 Å². The molecule has 2 amide bonds. The Morgan fingerprint density at radius 1 is 0.909 bits per heavy atom. The van der Waals surface area contributed by atoms with Crippen molar-refractivity contribution in [2.24, 2.45) is 0 Å². The van der Waals surface area contributed by atoms with Gasteiger partial charge in [0, 0.05) is 24.2 Å². The molecule has 0 saturated carbocycles. The van der Waals surface area contributed by atoms with Gasteiger partial charge in [0.25, 0.3) is 17.5 Å². The molecule has 0 fully saturated rings. The normalized spacial score (nSPS) is 10.2. The number of nitrogens with zero attached hydrogens (tertiary/aromatic N) is 1. The van der Waals surface area contributed by atoms with Gasteiger partial charge in [-0.25, -0.2) is 4.79 Å². The van der Waals surface area contributed by atoms with Gasteiger partial charge in [-0.1, -0.05) is 42.5 Å². The highest BCUT2D eigenvalue weighted by Gasteiger charge is 2.20. The van der Waals surface area contributed by atoms with E-state index in [1.165, 1.54) is 6.07 Å². The largest absolute Gasteiger partial charge is 0.462 e. The van der Waals surface area contributed by atoms with E-state index >= 15 is 0 Å². The van der Waals surface area contributed by atoms with Crippen molar-refractivity contribution >= 4 is 29.2 Å². The summed E-state index contributed by atoms with van der Waals surface area (Å²) in [6.07, 6.45) is 0. The quantitative estimate of drug-likeness (QED) is 0.306. The fourth-order valence-corrected chi connectivity index (χ4v) is 3.04. The second kappa shape index (κ2) is 10.7. The molecule has 0 radical (unpaired) electrons. The van der Waals surface area contributed by atoms with Gasteiger partial charge < -0.3 is 15.4 Å². The SMILES string of the molecule is CCOC(=O)c1cc(C(=O)Nc2ccccc2C(=O)NCc2ccccc2)cc([N+](=O)[O-])c1. The van der Waals surface area contributed by atoms with Crippen LogP contribution in [0.5, 0.6) is 0 Å². The van der Waals surface area contributed by atoms with Gasteiger partial charge >= 0.3 is 5.97 Å². The number of hydrogen-bond donors (Lipinski definition) is 2. The molecule has 3 aromatic carbocycles. The number of nitrogens with one attached hydrogen (secondary N) is 2. The third-order valence-electron chi connectivity index (χ3n) is 4.62. The number of non-ortho nitro benzene ring substituents is 1. The van der Waals surface area contributed by atoms with E-state index in [4.69, 9.17) is 4.74 Å². The Hall–Kier alpha value is -4.53. The molecule has 0 bridgehead atoms. The first kappa shape index (κ1) is 23.1. The van der Waals surface area contributed by atoms with Crippen molar-refractivity contribution in [3.8, 4) is 0 Å². The number of nitro groups is 1. The van der Waals surface area contributed by atoms with Gasteiger partial charge in [0.1, 0.15) is 0 Å². The molecule has 0 unspecified atom stereocenters. The van der Waals surface area contributed by atoms with Gasteiger partial charge in [-0.3, -0.25) is 19.7 Å². The fraction of sp³-hybridized carbons (Fsp3) is 0.125. The third-order valence-corrected chi connectivity index (χ3v) is 4.62. The maximum Gasteiger partial charge on any atom is 0.338 e. The summed E-state index contributed by atoms with van der Waals surface area (Å²) in [5, 5.41) is 16.7. The monoisotopic (exact) mass is 447 g/mol. The van der Waals surface area contributed by atoms with E-state index in [0.717, 1.165) is 17.7 Å². The number of nitro benzene ring substituents is 1. The lowest BCUT2D eigenvalue weighted by molar-refractivity contribution is -0.384. The summed E-state index contributed by atoms with van der Waals surface area (Å²) < 4.78 is 4.88. The Bertz CT molecular complexity index is 1190. The Morgan fingerprint density at radius 3 is 2.27 bits per heavy atom. The zero-order valence-electron chi connectivity index (χ0n) is 17.7. The Balaban J connectivity index is 1.82. The Morgan fingerprint density at radius 2 is 1.58 bits per heavy atom. The maximum absolute atomic E-state index is 12.9. The van der Waals surface area contributed by atoms with E-state index in [-0.39, 0.29) is 29.0 Å². The molecule has 0 aliphatic rings. The third kappa shape index (κ3) is 6.01. The molecule has 2 N–H and O–H groups in total. The number of anilines is 1. The van der Waals surface area contributed by atoms with Crippen molar-refractivity contribution < 1.29 is 24.0 Å².